The van der Waals surface area contributed by atoms with E-state index in [0.717, 1.165) is 11.3 Å². The smallest absolute Gasteiger partial charge is 0.159 e. The van der Waals surface area contributed by atoms with Crippen molar-refractivity contribution < 1.29 is 14.3 Å². The lowest BCUT2D eigenvalue weighted by Crippen LogP contribution is -1.99. The second-order valence-corrected chi connectivity index (χ2v) is 5.28. The van der Waals surface area contributed by atoms with Crippen LogP contribution in [0.1, 0.15) is 22.8 Å². The summed E-state index contributed by atoms with van der Waals surface area (Å²) < 4.78 is 10.7. The number of benzene rings is 2. The normalized spacial score (nSPS) is 10.3. The monoisotopic (exact) mass is 324 g/mol. The molecule has 0 radical (unpaired) electrons. The van der Waals surface area contributed by atoms with Gasteiger partial charge in [-0.25, -0.2) is 0 Å². The number of Topliss-reactive ketones (excluding diaryl/α,β-unsaturated/α-hetero) is 1. The molecule has 0 amide bonds. The molecule has 0 spiro atoms. The van der Waals surface area contributed by atoms with Crippen molar-refractivity contribution in [2.75, 3.05) is 7.11 Å². The summed E-state index contributed by atoms with van der Waals surface area (Å²) in [5.74, 6) is 1.06. The minimum absolute atomic E-state index is 0.0968. The molecule has 0 N–H and O–H groups in total. The molecule has 0 saturated heterocycles. The third-order valence-electron chi connectivity index (χ3n) is 2.95. The van der Waals surface area contributed by atoms with E-state index in [1.807, 2.05) is 24.3 Å². The number of ether oxygens (including phenoxy) is 2. The number of methoxy groups -OCH3 is 1. The van der Waals surface area contributed by atoms with Crippen LogP contribution < -0.4 is 9.47 Å². The SMILES string of the molecule is COc1ccc(COc2c(Cl)cc(C(C)=O)cc2Cl)cc1. The maximum Gasteiger partial charge on any atom is 0.159 e. The molecule has 0 unspecified atom stereocenters. The Morgan fingerprint density at radius 1 is 1.10 bits per heavy atom. The van der Waals surface area contributed by atoms with Crippen LogP contribution >= 0.6 is 23.2 Å². The first kappa shape index (κ1) is 15.7. The number of hydrogen-bond donors (Lipinski definition) is 0. The van der Waals surface area contributed by atoms with Crippen molar-refractivity contribution in [1.29, 1.82) is 0 Å². The summed E-state index contributed by atoms with van der Waals surface area (Å²) in [6.07, 6.45) is 0. The van der Waals surface area contributed by atoms with Crippen molar-refractivity contribution in [3.63, 3.8) is 0 Å². The lowest BCUT2D eigenvalue weighted by molar-refractivity contribution is 0.101. The van der Waals surface area contributed by atoms with Crippen molar-refractivity contribution in [3.05, 3.63) is 57.6 Å². The number of ketones is 1. The summed E-state index contributed by atoms with van der Waals surface area (Å²) in [6, 6.07) is 10.6. The molecule has 5 heteroatoms. The molecule has 0 fully saturated rings. The molecule has 0 aliphatic heterocycles. The zero-order valence-electron chi connectivity index (χ0n) is 11.7. The quantitative estimate of drug-likeness (QED) is 0.742. The Bertz CT molecular complexity index is 628. The molecule has 0 atom stereocenters. The number of halogens is 2. The first-order chi connectivity index (χ1) is 10.0. The summed E-state index contributed by atoms with van der Waals surface area (Å²) in [4.78, 5) is 11.3. The molecule has 0 aliphatic rings. The molecular weight excluding hydrogens is 311 g/mol. The number of rotatable bonds is 5. The summed E-state index contributed by atoms with van der Waals surface area (Å²) in [7, 11) is 1.61. The van der Waals surface area contributed by atoms with Gasteiger partial charge >= 0.3 is 0 Å². The van der Waals surface area contributed by atoms with Crippen LogP contribution in [0, 0.1) is 0 Å². The van der Waals surface area contributed by atoms with Crippen LogP contribution in [0.2, 0.25) is 10.0 Å². The highest BCUT2D eigenvalue weighted by molar-refractivity contribution is 6.37. The van der Waals surface area contributed by atoms with Gasteiger partial charge < -0.3 is 9.47 Å². The van der Waals surface area contributed by atoms with Crippen LogP contribution in [0.15, 0.2) is 36.4 Å². The third kappa shape index (κ3) is 3.90. The number of hydrogen-bond acceptors (Lipinski definition) is 3. The Hall–Kier alpha value is -1.71. The van der Waals surface area contributed by atoms with Gasteiger partial charge in [0.05, 0.1) is 17.2 Å². The summed E-state index contributed by atoms with van der Waals surface area (Å²) in [6.45, 7) is 1.78. The minimum Gasteiger partial charge on any atom is -0.497 e. The summed E-state index contributed by atoms with van der Waals surface area (Å²) in [5, 5.41) is 0.641. The first-order valence-electron chi connectivity index (χ1n) is 6.27. The average molecular weight is 325 g/mol. The molecule has 110 valence electrons. The lowest BCUT2D eigenvalue weighted by Gasteiger charge is -2.11. The Kier molecular flexibility index (Phi) is 5.10. The van der Waals surface area contributed by atoms with E-state index in [0.29, 0.717) is 28.0 Å². The molecule has 2 aromatic rings. The van der Waals surface area contributed by atoms with E-state index in [2.05, 4.69) is 0 Å². The maximum atomic E-state index is 11.3. The van der Waals surface area contributed by atoms with Crippen LogP contribution in [-0.2, 0) is 6.61 Å². The van der Waals surface area contributed by atoms with Gasteiger partial charge in [-0.05, 0) is 36.8 Å². The van der Waals surface area contributed by atoms with Gasteiger partial charge in [-0.15, -0.1) is 0 Å². The lowest BCUT2D eigenvalue weighted by atomic mass is 10.1. The Morgan fingerprint density at radius 2 is 1.67 bits per heavy atom. The topological polar surface area (TPSA) is 35.5 Å². The van der Waals surface area contributed by atoms with Gasteiger partial charge in [0, 0.05) is 5.56 Å². The third-order valence-corrected chi connectivity index (χ3v) is 3.51. The van der Waals surface area contributed by atoms with Gasteiger partial charge in [0.25, 0.3) is 0 Å². The van der Waals surface area contributed by atoms with Crippen molar-refractivity contribution in [1.82, 2.24) is 0 Å². The zero-order chi connectivity index (χ0) is 15.4. The van der Waals surface area contributed by atoms with Crippen molar-refractivity contribution in [2.24, 2.45) is 0 Å². The van der Waals surface area contributed by atoms with E-state index in [9.17, 15) is 4.79 Å². The van der Waals surface area contributed by atoms with Gasteiger partial charge in [0.15, 0.2) is 11.5 Å². The van der Waals surface area contributed by atoms with Crippen LogP contribution in [0.4, 0.5) is 0 Å². The molecule has 21 heavy (non-hydrogen) atoms. The van der Waals surface area contributed by atoms with Crippen LogP contribution in [0.5, 0.6) is 11.5 Å². The highest BCUT2D eigenvalue weighted by atomic mass is 35.5. The molecule has 0 aromatic heterocycles. The van der Waals surface area contributed by atoms with Crippen molar-refractivity contribution >= 4 is 29.0 Å². The van der Waals surface area contributed by atoms with E-state index in [1.54, 1.807) is 19.2 Å². The van der Waals surface area contributed by atoms with Crippen molar-refractivity contribution in [2.45, 2.75) is 13.5 Å². The molecule has 0 saturated carbocycles. The number of carbonyl (C=O) groups excluding carboxylic acids is 1. The molecule has 0 aliphatic carbocycles. The molecule has 0 bridgehead atoms. The average Bonchev–Trinajstić information content (AvgIpc) is 2.46. The fraction of sp³-hybridized carbons (Fsp3) is 0.188. The predicted octanol–water partition coefficient (Wildman–Crippen LogP) is 4.78. The molecule has 2 rings (SSSR count). The highest BCUT2D eigenvalue weighted by Gasteiger charge is 2.12. The maximum absolute atomic E-state index is 11.3. The second kappa shape index (κ2) is 6.83. The van der Waals surface area contributed by atoms with Crippen LogP contribution in [0.3, 0.4) is 0 Å². The summed E-state index contributed by atoms with van der Waals surface area (Å²) in [5.41, 5.74) is 1.42. The van der Waals surface area contributed by atoms with Gasteiger partial charge in [-0.2, -0.15) is 0 Å². The van der Waals surface area contributed by atoms with Gasteiger partial charge in [0.1, 0.15) is 12.4 Å². The minimum atomic E-state index is -0.0968. The van der Waals surface area contributed by atoms with Crippen LogP contribution in [0.25, 0.3) is 0 Å². The van der Waals surface area contributed by atoms with Gasteiger partial charge in [-0.3, -0.25) is 4.79 Å². The van der Waals surface area contributed by atoms with E-state index >= 15 is 0 Å². The summed E-state index contributed by atoms with van der Waals surface area (Å²) >= 11 is 12.2. The Balaban J connectivity index is 2.14. The Morgan fingerprint density at radius 3 is 2.14 bits per heavy atom. The fourth-order valence-corrected chi connectivity index (χ4v) is 2.37. The van der Waals surface area contributed by atoms with Crippen LogP contribution in [-0.4, -0.2) is 12.9 Å². The molecule has 3 nitrogen and oxygen atoms in total. The van der Waals surface area contributed by atoms with E-state index in [-0.39, 0.29) is 5.78 Å². The predicted molar refractivity (Wildman–Crippen MR) is 83.8 cm³/mol. The molecule has 0 heterocycles. The van der Waals surface area contributed by atoms with Gasteiger partial charge in [-0.1, -0.05) is 35.3 Å². The van der Waals surface area contributed by atoms with E-state index < -0.39 is 0 Å². The standard InChI is InChI=1S/C16H14Cl2O3/c1-10(19)12-7-14(17)16(15(18)8-12)21-9-11-3-5-13(20-2)6-4-11/h3-8H,9H2,1-2H3. The largest absolute Gasteiger partial charge is 0.497 e. The van der Waals surface area contributed by atoms with Crippen molar-refractivity contribution in [3.8, 4) is 11.5 Å². The van der Waals surface area contributed by atoms with E-state index in [4.69, 9.17) is 32.7 Å². The fourth-order valence-electron chi connectivity index (χ4n) is 1.78. The van der Waals surface area contributed by atoms with Gasteiger partial charge in [0.2, 0.25) is 0 Å². The second-order valence-electron chi connectivity index (χ2n) is 4.46. The Labute approximate surface area is 133 Å². The number of carbonyl (C=O) groups is 1. The molecular formula is C16H14Cl2O3. The zero-order valence-corrected chi connectivity index (χ0v) is 13.2. The van der Waals surface area contributed by atoms with E-state index in [1.165, 1.54) is 6.92 Å². The highest BCUT2D eigenvalue weighted by Crippen LogP contribution is 2.35. The first-order valence-corrected chi connectivity index (χ1v) is 7.02. The molecule has 2 aromatic carbocycles.